The predicted octanol–water partition coefficient (Wildman–Crippen LogP) is 1.47. The molecule has 0 aliphatic carbocycles. The van der Waals surface area contributed by atoms with E-state index < -0.39 is 11.9 Å². The Morgan fingerprint density at radius 1 is 1.00 bits per heavy atom. The summed E-state index contributed by atoms with van der Waals surface area (Å²) in [5.74, 6) is -1.07. The van der Waals surface area contributed by atoms with E-state index >= 15 is 0 Å². The molecule has 0 amide bonds. The first-order valence-electron chi connectivity index (χ1n) is 4.22. The van der Waals surface area contributed by atoms with Crippen LogP contribution in [0.3, 0.4) is 0 Å². The molecule has 0 bridgehead atoms. The van der Waals surface area contributed by atoms with Gasteiger partial charge < -0.3 is 9.47 Å². The fraction of sp³-hybridized carbons (Fsp3) is 0.400. The third kappa shape index (κ3) is 10.4. The summed E-state index contributed by atoms with van der Waals surface area (Å²) in [5.41, 5.74) is 0. The lowest BCUT2D eigenvalue weighted by Gasteiger charge is -1.95. The summed E-state index contributed by atoms with van der Waals surface area (Å²) in [4.78, 5) is 21.3. The molecule has 0 fully saturated rings. The van der Waals surface area contributed by atoms with E-state index in [9.17, 15) is 9.59 Å². The molecule has 0 radical (unpaired) electrons. The highest BCUT2D eigenvalue weighted by Gasteiger charge is 1.97. The Bertz CT molecular complexity index is 176. The molecule has 0 saturated heterocycles. The minimum absolute atomic E-state index is 0.298. The minimum Gasteiger partial charge on any atom is -0.463 e. The summed E-state index contributed by atoms with van der Waals surface area (Å²) in [6.07, 6.45) is 2.09. The SMILES string of the molecule is C=C.CCOC(=O)/C=C\C(=O)OCC. The van der Waals surface area contributed by atoms with Gasteiger partial charge in [0.2, 0.25) is 0 Å². The second kappa shape index (κ2) is 11.4. The van der Waals surface area contributed by atoms with Crippen molar-refractivity contribution in [1.82, 2.24) is 0 Å². The highest BCUT2D eigenvalue weighted by atomic mass is 16.5. The fourth-order valence-corrected chi connectivity index (χ4v) is 0.517. The Morgan fingerprint density at radius 3 is 1.50 bits per heavy atom. The number of ether oxygens (including phenoxy) is 2. The van der Waals surface area contributed by atoms with Crippen LogP contribution < -0.4 is 0 Å². The van der Waals surface area contributed by atoms with Gasteiger partial charge in [-0.25, -0.2) is 9.59 Å². The van der Waals surface area contributed by atoms with Crippen LogP contribution in [0.25, 0.3) is 0 Å². The third-order valence-electron chi connectivity index (χ3n) is 0.929. The largest absolute Gasteiger partial charge is 0.463 e. The van der Waals surface area contributed by atoms with Crippen LogP contribution >= 0.6 is 0 Å². The van der Waals surface area contributed by atoms with E-state index in [1.54, 1.807) is 13.8 Å². The van der Waals surface area contributed by atoms with Crippen LogP contribution in [-0.2, 0) is 19.1 Å². The second-order valence-electron chi connectivity index (χ2n) is 1.84. The molecule has 0 saturated carbocycles. The molecule has 0 N–H and O–H groups in total. The van der Waals surface area contributed by atoms with Gasteiger partial charge in [-0.3, -0.25) is 0 Å². The normalized spacial score (nSPS) is 8.71. The van der Waals surface area contributed by atoms with Crippen molar-refractivity contribution in [3.63, 3.8) is 0 Å². The van der Waals surface area contributed by atoms with Gasteiger partial charge in [0.25, 0.3) is 0 Å². The first-order chi connectivity index (χ1) is 6.70. The lowest BCUT2D eigenvalue weighted by Crippen LogP contribution is -2.03. The van der Waals surface area contributed by atoms with Crippen molar-refractivity contribution in [2.24, 2.45) is 0 Å². The summed E-state index contributed by atoms with van der Waals surface area (Å²) in [6.45, 7) is 9.98. The van der Waals surface area contributed by atoms with Gasteiger partial charge in [-0.2, -0.15) is 0 Å². The lowest BCUT2D eigenvalue weighted by molar-refractivity contribution is -0.140. The molecule has 14 heavy (non-hydrogen) atoms. The summed E-state index contributed by atoms with van der Waals surface area (Å²) in [7, 11) is 0. The third-order valence-corrected chi connectivity index (χ3v) is 0.929. The van der Waals surface area contributed by atoms with E-state index in [2.05, 4.69) is 22.6 Å². The summed E-state index contributed by atoms with van der Waals surface area (Å²) in [6, 6.07) is 0. The fourth-order valence-electron chi connectivity index (χ4n) is 0.517. The van der Waals surface area contributed by atoms with Crippen LogP contribution in [0.2, 0.25) is 0 Å². The molecule has 4 nitrogen and oxygen atoms in total. The van der Waals surface area contributed by atoms with Crippen molar-refractivity contribution >= 4 is 11.9 Å². The molecule has 0 aromatic heterocycles. The maximum atomic E-state index is 10.6. The lowest BCUT2D eigenvalue weighted by atomic mass is 10.5. The smallest absolute Gasteiger partial charge is 0.330 e. The van der Waals surface area contributed by atoms with Gasteiger partial charge in [-0.05, 0) is 13.8 Å². The van der Waals surface area contributed by atoms with Crippen molar-refractivity contribution < 1.29 is 19.1 Å². The molecule has 0 unspecified atom stereocenters. The number of esters is 2. The first-order valence-corrected chi connectivity index (χ1v) is 4.22. The molecule has 0 spiro atoms. The molecule has 0 atom stereocenters. The van der Waals surface area contributed by atoms with Gasteiger partial charge in [0.15, 0.2) is 0 Å². The first kappa shape index (κ1) is 14.9. The monoisotopic (exact) mass is 200 g/mol. The Morgan fingerprint density at radius 2 is 1.29 bits per heavy atom. The van der Waals surface area contributed by atoms with Crippen molar-refractivity contribution in [3.8, 4) is 0 Å². The van der Waals surface area contributed by atoms with E-state index in [4.69, 9.17) is 0 Å². The maximum absolute atomic E-state index is 10.6. The van der Waals surface area contributed by atoms with Crippen LogP contribution in [0.1, 0.15) is 13.8 Å². The number of carbonyl (C=O) groups is 2. The zero-order valence-corrected chi connectivity index (χ0v) is 8.62. The second-order valence-corrected chi connectivity index (χ2v) is 1.84. The Labute approximate surface area is 84.2 Å². The van der Waals surface area contributed by atoms with Crippen LogP contribution in [0.4, 0.5) is 0 Å². The van der Waals surface area contributed by atoms with E-state index in [-0.39, 0.29) is 0 Å². The van der Waals surface area contributed by atoms with E-state index in [1.807, 2.05) is 0 Å². The van der Waals surface area contributed by atoms with Gasteiger partial charge in [-0.1, -0.05) is 0 Å². The predicted molar refractivity (Wildman–Crippen MR) is 53.7 cm³/mol. The van der Waals surface area contributed by atoms with Crippen molar-refractivity contribution in [3.05, 3.63) is 25.3 Å². The van der Waals surface area contributed by atoms with Gasteiger partial charge in [0.1, 0.15) is 0 Å². The van der Waals surface area contributed by atoms with Crippen LogP contribution in [0, 0.1) is 0 Å². The molecule has 0 rings (SSSR count). The van der Waals surface area contributed by atoms with Gasteiger partial charge >= 0.3 is 11.9 Å². The van der Waals surface area contributed by atoms with Crippen molar-refractivity contribution in [1.29, 1.82) is 0 Å². The zero-order chi connectivity index (χ0) is 11.4. The average Bonchev–Trinajstić information content (AvgIpc) is 2.19. The minimum atomic E-state index is -0.537. The van der Waals surface area contributed by atoms with E-state index in [0.717, 1.165) is 12.2 Å². The number of rotatable bonds is 4. The van der Waals surface area contributed by atoms with Gasteiger partial charge in [-0.15, -0.1) is 13.2 Å². The molecule has 0 aliphatic heterocycles. The Balaban J connectivity index is 0. The Kier molecular flexibility index (Phi) is 12.2. The van der Waals surface area contributed by atoms with Crippen molar-refractivity contribution in [2.75, 3.05) is 13.2 Å². The average molecular weight is 200 g/mol. The van der Waals surface area contributed by atoms with Crippen molar-refractivity contribution in [2.45, 2.75) is 13.8 Å². The molecule has 0 aromatic carbocycles. The number of hydrogen-bond acceptors (Lipinski definition) is 4. The van der Waals surface area contributed by atoms with E-state index in [0.29, 0.717) is 13.2 Å². The molecular weight excluding hydrogens is 184 g/mol. The van der Waals surface area contributed by atoms with Crippen LogP contribution in [0.5, 0.6) is 0 Å². The quantitative estimate of drug-likeness (QED) is 0.392. The summed E-state index contributed by atoms with van der Waals surface area (Å²) in [5, 5.41) is 0. The molecule has 80 valence electrons. The highest BCUT2D eigenvalue weighted by molar-refractivity contribution is 5.91. The molecule has 4 heteroatoms. The number of hydrogen-bond donors (Lipinski definition) is 0. The van der Waals surface area contributed by atoms with E-state index in [1.165, 1.54) is 0 Å². The highest BCUT2D eigenvalue weighted by Crippen LogP contribution is 1.84. The maximum Gasteiger partial charge on any atom is 0.330 e. The molecule has 0 aromatic rings. The van der Waals surface area contributed by atoms with Crippen LogP contribution in [0.15, 0.2) is 25.3 Å². The Hall–Kier alpha value is -1.58. The standard InChI is InChI=1S/C8H12O4.C2H4/c1-3-11-7(9)5-6-8(10)12-4-2;1-2/h5-6H,3-4H2,1-2H3;1-2H2/b6-5-;. The zero-order valence-electron chi connectivity index (χ0n) is 8.62. The van der Waals surface area contributed by atoms with Crippen LogP contribution in [-0.4, -0.2) is 25.2 Å². The molecule has 0 aliphatic rings. The summed E-state index contributed by atoms with van der Waals surface area (Å²) < 4.78 is 9.07. The number of carbonyl (C=O) groups excluding carboxylic acids is 2. The van der Waals surface area contributed by atoms with Gasteiger partial charge in [0, 0.05) is 12.2 Å². The molecular formula is C10H16O4. The summed E-state index contributed by atoms with van der Waals surface area (Å²) >= 11 is 0. The molecule has 0 heterocycles. The topological polar surface area (TPSA) is 52.6 Å². The van der Waals surface area contributed by atoms with Gasteiger partial charge in [0.05, 0.1) is 13.2 Å².